The molecule has 0 aromatic carbocycles. The van der Waals surface area contributed by atoms with Gasteiger partial charge in [0, 0.05) is 0 Å². The quantitative estimate of drug-likeness (QED) is 0.666. The minimum Gasteiger partial charge on any atom is -0.480 e. The Hall–Kier alpha value is -0.710. The summed E-state index contributed by atoms with van der Waals surface area (Å²) < 4.78 is 3.31. The molecule has 0 aromatic rings. The molecule has 0 aliphatic carbocycles. The molecule has 0 saturated heterocycles. The van der Waals surface area contributed by atoms with Gasteiger partial charge < -0.3 is 9.84 Å². The standard InChI is InChI=1S/C7H12O4S/c1-7(12-3,6(9)10)4-5(8)11-2/h4H2,1-3H3,(H,9,10). The SMILES string of the molecule is COC(=O)CC(C)(SC)C(=O)O. The monoisotopic (exact) mass is 192 g/mol. The number of carbonyl (C=O) groups is 2. The third-order valence-electron chi connectivity index (χ3n) is 1.61. The van der Waals surface area contributed by atoms with Crippen molar-refractivity contribution in [2.45, 2.75) is 18.1 Å². The second-order valence-electron chi connectivity index (χ2n) is 2.49. The maximum absolute atomic E-state index is 10.8. The molecule has 0 aliphatic rings. The van der Waals surface area contributed by atoms with Crippen molar-refractivity contribution in [3.05, 3.63) is 0 Å². The van der Waals surface area contributed by atoms with Crippen LogP contribution in [0, 0.1) is 0 Å². The summed E-state index contributed by atoms with van der Waals surface area (Å²) in [6, 6.07) is 0. The van der Waals surface area contributed by atoms with Crippen molar-refractivity contribution < 1.29 is 19.4 Å². The molecule has 0 amide bonds. The van der Waals surface area contributed by atoms with Gasteiger partial charge >= 0.3 is 11.9 Å². The Morgan fingerprint density at radius 1 is 1.58 bits per heavy atom. The van der Waals surface area contributed by atoms with Crippen molar-refractivity contribution in [2.24, 2.45) is 0 Å². The smallest absolute Gasteiger partial charge is 0.320 e. The van der Waals surface area contributed by atoms with E-state index in [1.54, 1.807) is 6.26 Å². The van der Waals surface area contributed by atoms with E-state index in [-0.39, 0.29) is 6.42 Å². The van der Waals surface area contributed by atoms with Crippen molar-refractivity contribution in [1.82, 2.24) is 0 Å². The lowest BCUT2D eigenvalue weighted by molar-refractivity contribution is -0.147. The van der Waals surface area contributed by atoms with Gasteiger partial charge in [0.1, 0.15) is 4.75 Å². The third kappa shape index (κ3) is 2.73. The predicted octanol–water partition coefficient (Wildman–Crippen LogP) is 0.756. The van der Waals surface area contributed by atoms with Gasteiger partial charge in [-0.05, 0) is 13.2 Å². The molecule has 1 unspecified atom stereocenters. The molecule has 0 rings (SSSR count). The van der Waals surface area contributed by atoms with E-state index in [0.29, 0.717) is 0 Å². The summed E-state index contributed by atoms with van der Waals surface area (Å²) in [7, 11) is 1.24. The highest BCUT2D eigenvalue weighted by Crippen LogP contribution is 2.26. The summed E-state index contributed by atoms with van der Waals surface area (Å²) in [5.41, 5.74) is 0. The molecule has 0 saturated carbocycles. The fourth-order valence-corrected chi connectivity index (χ4v) is 1.02. The summed E-state index contributed by atoms with van der Waals surface area (Å²) in [5, 5.41) is 8.75. The molecule has 12 heavy (non-hydrogen) atoms. The van der Waals surface area contributed by atoms with Crippen LogP contribution in [0.3, 0.4) is 0 Å². The Bertz CT molecular complexity index is 192. The van der Waals surface area contributed by atoms with E-state index in [4.69, 9.17) is 5.11 Å². The van der Waals surface area contributed by atoms with E-state index in [1.165, 1.54) is 14.0 Å². The zero-order valence-corrected chi connectivity index (χ0v) is 8.10. The first kappa shape index (κ1) is 11.3. The molecule has 1 atom stereocenters. The van der Waals surface area contributed by atoms with E-state index in [2.05, 4.69) is 4.74 Å². The van der Waals surface area contributed by atoms with Crippen LogP contribution in [0.4, 0.5) is 0 Å². The lowest BCUT2D eigenvalue weighted by Crippen LogP contribution is -2.34. The number of carboxylic acids is 1. The predicted molar refractivity (Wildman–Crippen MR) is 46.2 cm³/mol. The number of ether oxygens (including phenoxy) is 1. The molecule has 0 bridgehead atoms. The Kier molecular flexibility index (Phi) is 4.09. The van der Waals surface area contributed by atoms with Crippen LogP contribution in [0.5, 0.6) is 0 Å². The average molecular weight is 192 g/mol. The van der Waals surface area contributed by atoms with Crippen molar-refractivity contribution in [3.63, 3.8) is 0 Å². The number of aliphatic carboxylic acids is 1. The second-order valence-corrected chi connectivity index (χ2v) is 3.80. The first-order valence-corrected chi connectivity index (χ1v) is 4.54. The fourth-order valence-electron chi connectivity index (χ4n) is 0.583. The van der Waals surface area contributed by atoms with Gasteiger partial charge in [-0.2, -0.15) is 0 Å². The number of hydrogen-bond donors (Lipinski definition) is 1. The average Bonchev–Trinajstić information content (AvgIpc) is 2.03. The number of carboxylic acid groups (broad SMARTS) is 1. The van der Waals surface area contributed by atoms with Crippen LogP contribution < -0.4 is 0 Å². The van der Waals surface area contributed by atoms with Gasteiger partial charge in [0.05, 0.1) is 13.5 Å². The van der Waals surface area contributed by atoms with Gasteiger partial charge in [-0.25, -0.2) is 0 Å². The zero-order chi connectivity index (χ0) is 9.78. The van der Waals surface area contributed by atoms with Crippen molar-refractivity contribution in [2.75, 3.05) is 13.4 Å². The van der Waals surface area contributed by atoms with Gasteiger partial charge in [0.15, 0.2) is 0 Å². The maximum atomic E-state index is 10.8. The molecule has 0 heterocycles. The van der Waals surface area contributed by atoms with Crippen LogP contribution >= 0.6 is 11.8 Å². The highest BCUT2D eigenvalue weighted by Gasteiger charge is 2.35. The Labute approximate surface area is 75.3 Å². The van der Waals surface area contributed by atoms with Gasteiger partial charge in [-0.1, -0.05) is 0 Å². The van der Waals surface area contributed by atoms with Gasteiger partial charge in [-0.15, -0.1) is 11.8 Å². The summed E-state index contributed by atoms with van der Waals surface area (Å²) in [5.74, 6) is -1.50. The highest BCUT2D eigenvalue weighted by atomic mass is 32.2. The maximum Gasteiger partial charge on any atom is 0.320 e. The van der Waals surface area contributed by atoms with Crippen LogP contribution in [0.15, 0.2) is 0 Å². The highest BCUT2D eigenvalue weighted by molar-refractivity contribution is 8.00. The molecular weight excluding hydrogens is 180 g/mol. The molecule has 0 radical (unpaired) electrons. The molecule has 0 spiro atoms. The number of methoxy groups -OCH3 is 1. The summed E-state index contributed by atoms with van der Waals surface area (Å²) in [6.45, 7) is 1.50. The van der Waals surface area contributed by atoms with Crippen LogP contribution in [0.1, 0.15) is 13.3 Å². The molecular formula is C7H12O4S. The number of hydrogen-bond acceptors (Lipinski definition) is 4. The van der Waals surface area contributed by atoms with Crippen LogP contribution in [0.2, 0.25) is 0 Å². The summed E-state index contributed by atoms with van der Waals surface area (Å²) in [6.07, 6.45) is 1.54. The summed E-state index contributed by atoms with van der Waals surface area (Å²) in [4.78, 5) is 21.5. The fraction of sp³-hybridized carbons (Fsp3) is 0.714. The number of thioether (sulfide) groups is 1. The Morgan fingerprint density at radius 2 is 2.08 bits per heavy atom. The van der Waals surface area contributed by atoms with Crippen molar-refractivity contribution >= 4 is 23.7 Å². The minimum atomic E-state index is -1.08. The van der Waals surface area contributed by atoms with E-state index in [1.807, 2.05) is 0 Å². The second kappa shape index (κ2) is 4.35. The lowest BCUT2D eigenvalue weighted by Gasteiger charge is -2.20. The molecule has 1 N–H and O–H groups in total. The van der Waals surface area contributed by atoms with E-state index >= 15 is 0 Å². The zero-order valence-electron chi connectivity index (χ0n) is 7.29. The van der Waals surface area contributed by atoms with E-state index < -0.39 is 16.7 Å². The van der Waals surface area contributed by atoms with Gasteiger partial charge in [0.25, 0.3) is 0 Å². The molecule has 5 heteroatoms. The topological polar surface area (TPSA) is 63.6 Å². The first-order chi connectivity index (χ1) is 5.46. The van der Waals surface area contributed by atoms with Crippen LogP contribution in [0.25, 0.3) is 0 Å². The first-order valence-electron chi connectivity index (χ1n) is 3.31. The Morgan fingerprint density at radius 3 is 2.33 bits per heavy atom. The molecule has 0 aliphatic heterocycles. The molecule has 4 nitrogen and oxygen atoms in total. The minimum absolute atomic E-state index is 0.111. The van der Waals surface area contributed by atoms with Crippen molar-refractivity contribution in [1.29, 1.82) is 0 Å². The molecule has 0 fully saturated rings. The molecule has 70 valence electrons. The van der Waals surface area contributed by atoms with Gasteiger partial charge in [-0.3, -0.25) is 9.59 Å². The number of esters is 1. The van der Waals surface area contributed by atoms with Gasteiger partial charge in [0.2, 0.25) is 0 Å². The largest absolute Gasteiger partial charge is 0.480 e. The Balaban J connectivity index is 4.34. The van der Waals surface area contributed by atoms with E-state index in [0.717, 1.165) is 11.8 Å². The lowest BCUT2D eigenvalue weighted by atomic mass is 10.1. The van der Waals surface area contributed by atoms with Crippen LogP contribution in [-0.2, 0) is 14.3 Å². The van der Waals surface area contributed by atoms with Crippen molar-refractivity contribution in [3.8, 4) is 0 Å². The van der Waals surface area contributed by atoms with Crippen LogP contribution in [-0.4, -0.2) is 35.2 Å². The molecule has 0 aromatic heterocycles. The number of rotatable bonds is 4. The normalized spacial score (nSPS) is 14.9. The third-order valence-corrected chi connectivity index (χ3v) is 2.83. The number of carbonyl (C=O) groups excluding carboxylic acids is 1. The summed E-state index contributed by atoms with van der Waals surface area (Å²) >= 11 is 1.12. The van der Waals surface area contributed by atoms with E-state index in [9.17, 15) is 9.59 Å².